The molecule has 0 saturated heterocycles. The van der Waals surface area contributed by atoms with Crippen LogP contribution in [0, 0.1) is 0 Å². The molecule has 0 aliphatic heterocycles. The molecule has 0 amide bonds. The number of fused-ring (bicyclic) bond motifs is 1. The number of rotatable bonds is 3. The van der Waals surface area contributed by atoms with Gasteiger partial charge in [-0.25, -0.2) is 0 Å². The molecule has 0 saturated carbocycles. The SMILES string of the molecule is C[C@H](C(=O)O)c1cccc2c(-c3ccccc3)noc12. The Bertz CT molecular complexity index is 762. The summed E-state index contributed by atoms with van der Waals surface area (Å²) >= 11 is 0. The van der Waals surface area contributed by atoms with Crippen molar-refractivity contribution in [1.29, 1.82) is 0 Å². The zero-order chi connectivity index (χ0) is 14.1. The lowest BCUT2D eigenvalue weighted by Gasteiger charge is -2.06. The van der Waals surface area contributed by atoms with Crippen molar-refractivity contribution >= 4 is 16.9 Å². The second kappa shape index (κ2) is 4.81. The Kier molecular flexibility index (Phi) is 2.99. The van der Waals surface area contributed by atoms with Crippen molar-refractivity contribution < 1.29 is 14.4 Å². The molecule has 3 rings (SSSR count). The van der Waals surface area contributed by atoms with Crippen LogP contribution in [-0.2, 0) is 4.79 Å². The Hall–Kier alpha value is -2.62. The lowest BCUT2D eigenvalue weighted by Crippen LogP contribution is -2.07. The minimum atomic E-state index is -0.879. The summed E-state index contributed by atoms with van der Waals surface area (Å²) in [6.45, 7) is 1.64. The van der Waals surface area contributed by atoms with Crippen LogP contribution in [0.1, 0.15) is 18.4 Å². The summed E-state index contributed by atoms with van der Waals surface area (Å²) in [6, 6.07) is 15.2. The third kappa shape index (κ3) is 1.95. The van der Waals surface area contributed by atoms with Gasteiger partial charge in [-0.2, -0.15) is 0 Å². The molecule has 20 heavy (non-hydrogen) atoms. The third-order valence-corrected chi connectivity index (χ3v) is 3.41. The summed E-state index contributed by atoms with van der Waals surface area (Å²) in [5.74, 6) is -1.51. The van der Waals surface area contributed by atoms with E-state index in [0.29, 0.717) is 11.1 Å². The molecule has 0 aliphatic rings. The van der Waals surface area contributed by atoms with Crippen LogP contribution in [0.25, 0.3) is 22.2 Å². The van der Waals surface area contributed by atoms with E-state index in [0.717, 1.165) is 16.6 Å². The highest BCUT2D eigenvalue weighted by molar-refractivity contribution is 5.95. The zero-order valence-corrected chi connectivity index (χ0v) is 10.9. The van der Waals surface area contributed by atoms with Crippen molar-refractivity contribution in [2.45, 2.75) is 12.8 Å². The molecule has 4 nitrogen and oxygen atoms in total. The molecule has 2 aromatic carbocycles. The van der Waals surface area contributed by atoms with Crippen LogP contribution in [0.3, 0.4) is 0 Å². The average Bonchev–Trinajstić information content (AvgIpc) is 2.91. The first-order chi connectivity index (χ1) is 9.68. The van der Waals surface area contributed by atoms with Gasteiger partial charge in [0, 0.05) is 11.1 Å². The first-order valence-corrected chi connectivity index (χ1v) is 6.35. The molecule has 0 radical (unpaired) electrons. The number of nitrogens with zero attached hydrogens (tertiary/aromatic N) is 1. The molecule has 3 aromatic rings. The first-order valence-electron chi connectivity index (χ1n) is 6.35. The largest absolute Gasteiger partial charge is 0.481 e. The van der Waals surface area contributed by atoms with Gasteiger partial charge in [0.15, 0.2) is 5.58 Å². The highest BCUT2D eigenvalue weighted by Crippen LogP contribution is 2.32. The monoisotopic (exact) mass is 267 g/mol. The standard InChI is InChI=1S/C16H13NO3/c1-10(16(18)19)12-8-5-9-13-14(17-20-15(12)13)11-6-3-2-4-7-11/h2-10H,1H3,(H,18,19)/t10-/m0/s1. The van der Waals surface area contributed by atoms with Crippen LogP contribution in [0.5, 0.6) is 0 Å². The van der Waals surface area contributed by atoms with E-state index in [-0.39, 0.29) is 0 Å². The summed E-state index contributed by atoms with van der Waals surface area (Å²) < 4.78 is 5.39. The van der Waals surface area contributed by atoms with Crippen molar-refractivity contribution in [3.8, 4) is 11.3 Å². The quantitative estimate of drug-likeness (QED) is 0.786. The van der Waals surface area contributed by atoms with Crippen molar-refractivity contribution in [2.75, 3.05) is 0 Å². The van der Waals surface area contributed by atoms with Crippen molar-refractivity contribution in [3.63, 3.8) is 0 Å². The fourth-order valence-corrected chi connectivity index (χ4v) is 2.26. The van der Waals surface area contributed by atoms with Gasteiger partial charge in [-0.3, -0.25) is 4.79 Å². The molecule has 100 valence electrons. The summed E-state index contributed by atoms with van der Waals surface area (Å²) in [7, 11) is 0. The van der Waals surface area contributed by atoms with E-state index in [9.17, 15) is 4.79 Å². The fraction of sp³-hybridized carbons (Fsp3) is 0.125. The van der Waals surface area contributed by atoms with Gasteiger partial charge in [-0.15, -0.1) is 0 Å². The van der Waals surface area contributed by atoms with Crippen molar-refractivity contribution in [1.82, 2.24) is 5.16 Å². The van der Waals surface area contributed by atoms with Gasteiger partial charge < -0.3 is 9.63 Å². The number of benzene rings is 2. The van der Waals surface area contributed by atoms with E-state index in [1.165, 1.54) is 0 Å². The lowest BCUT2D eigenvalue weighted by atomic mass is 9.98. The highest BCUT2D eigenvalue weighted by atomic mass is 16.5. The van der Waals surface area contributed by atoms with Gasteiger partial charge in [-0.1, -0.05) is 47.6 Å². The summed E-state index contributed by atoms with van der Waals surface area (Å²) in [4.78, 5) is 11.2. The molecular formula is C16H13NO3. The Labute approximate surface area is 115 Å². The number of hydrogen-bond donors (Lipinski definition) is 1. The normalized spacial score (nSPS) is 12.4. The molecule has 4 heteroatoms. The van der Waals surface area contributed by atoms with Gasteiger partial charge in [0.2, 0.25) is 0 Å². The van der Waals surface area contributed by atoms with E-state index >= 15 is 0 Å². The van der Waals surface area contributed by atoms with Crippen molar-refractivity contribution in [3.05, 3.63) is 54.1 Å². The fourth-order valence-electron chi connectivity index (χ4n) is 2.26. The molecule has 0 aliphatic carbocycles. The number of carbonyl (C=O) groups is 1. The van der Waals surface area contributed by atoms with Gasteiger partial charge in [0.1, 0.15) is 5.69 Å². The van der Waals surface area contributed by atoms with Crippen LogP contribution in [-0.4, -0.2) is 16.2 Å². The summed E-state index contributed by atoms with van der Waals surface area (Å²) in [5.41, 5.74) is 2.87. The van der Waals surface area contributed by atoms with Crippen LogP contribution in [0.15, 0.2) is 53.1 Å². The molecule has 1 aromatic heterocycles. The molecule has 0 bridgehead atoms. The zero-order valence-electron chi connectivity index (χ0n) is 10.9. The number of aliphatic carboxylic acids is 1. The average molecular weight is 267 g/mol. The lowest BCUT2D eigenvalue weighted by molar-refractivity contribution is -0.138. The topological polar surface area (TPSA) is 63.3 Å². The first kappa shape index (κ1) is 12.4. The van der Waals surface area contributed by atoms with Gasteiger partial charge in [-0.05, 0) is 13.0 Å². The Balaban J connectivity index is 2.20. The van der Waals surface area contributed by atoms with Gasteiger partial charge >= 0.3 is 5.97 Å². The molecule has 0 unspecified atom stereocenters. The summed E-state index contributed by atoms with van der Waals surface area (Å²) in [5, 5.41) is 14.1. The Morgan fingerprint density at radius 3 is 2.60 bits per heavy atom. The predicted molar refractivity (Wildman–Crippen MR) is 75.5 cm³/mol. The number of carboxylic acid groups (broad SMARTS) is 1. The smallest absolute Gasteiger partial charge is 0.310 e. The third-order valence-electron chi connectivity index (χ3n) is 3.41. The van der Waals surface area contributed by atoms with Crippen LogP contribution in [0.2, 0.25) is 0 Å². The van der Waals surface area contributed by atoms with E-state index in [2.05, 4.69) is 5.16 Å². The molecular weight excluding hydrogens is 254 g/mol. The van der Waals surface area contributed by atoms with E-state index in [1.54, 1.807) is 13.0 Å². The van der Waals surface area contributed by atoms with Crippen LogP contribution >= 0.6 is 0 Å². The number of aromatic nitrogens is 1. The predicted octanol–water partition coefficient (Wildman–Crippen LogP) is 3.68. The summed E-state index contributed by atoms with van der Waals surface area (Å²) in [6.07, 6.45) is 0. The number of para-hydroxylation sites is 1. The minimum absolute atomic E-state index is 0.543. The maximum absolute atomic E-state index is 11.2. The van der Waals surface area contributed by atoms with Crippen LogP contribution in [0.4, 0.5) is 0 Å². The molecule has 0 spiro atoms. The van der Waals surface area contributed by atoms with Gasteiger partial charge in [0.05, 0.1) is 11.3 Å². The maximum Gasteiger partial charge on any atom is 0.310 e. The molecule has 0 fully saturated rings. The second-order valence-corrected chi connectivity index (χ2v) is 4.68. The van der Waals surface area contributed by atoms with Crippen molar-refractivity contribution in [2.24, 2.45) is 0 Å². The Morgan fingerprint density at radius 2 is 1.90 bits per heavy atom. The number of carboxylic acids is 1. The minimum Gasteiger partial charge on any atom is -0.481 e. The highest BCUT2D eigenvalue weighted by Gasteiger charge is 2.20. The molecule has 1 N–H and O–H groups in total. The molecule has 1 heterocycles. The van der Waals surface area contributed by atoms with E-state index in [1.807, 2.05) is 42.5 Å². The van der Waals surface area contributed by atoms with E-state index in [4.69, 9.17) is 9.63 Å². The van der Waals surface area contributed by atoms with Crippen LogP contribution < -0.4 is 0 Å². The number of hydrogen-bond acceptors (Lipinski definition) is 3. The van der Waals surface area contributed by atoms with E-state index < -0.39 is 11.9 Å². The maximum atomic E-state index is 11.2. The second-order valence-electron chi connectivity index (χ2n) is 4.68. The Morgan fingerprint density at radius 1 is 1.15 bits per heavy atom. The molecule has 1 atom stereocenters. The van der Waals surface area contributed by atoms with Gasteiger partial charge in [0.25, 0.3) is 0 Å².